The van der Waals surface area contributed by atoms with Crippen molar-refractivity contribution in [3.8, 4) is 16.9 Å². The van der Waals surface area contributed by atoms with Gasteiger partial charge < -0.3 is 5.11 Å². The van der Waals surface area contributed by atoms with Crippen LogP contribution >= 0.6 is 0 Å². The number of aromatic nitrogens is 2. The maximum Gasteiger partial charge on any atom is 0.270 e. The largest absolute Gasteiger partial charge is 0.504 e. The third kappa shape index (κ3) is 4.62. The topological polar surface area (TPSA) is 55.1 Å². The Hall–Kier alpha value is -3.73. The first-order valence-electron chi connectivity index (χ1n) is 10.7. The number of hydrogen-bond acceptors (Lipinski definition) is 3. The van der Waals surface area contributed by atoms with Crippen LogP contribution in [-0.2, 0) is 25.8 Å². The van der Waals surface area contributed by atoms with Gasteiger partial charge in [0.15, 0.2) is 11.6 Å². The lowest BCUT2D eigenvalue weighted by Crippen LogP contribution is -2.29. The molecule has 0 aliphatic carbocycles. The average Bonchev–Trinajstić information content (AvgIpc) is 2.82. The fraction of sp³-hybridized carbons (Fsp3) is 0.185. The molecule has 0 bridgehead atoms. The molecule has 4 rings (SSSR count). The van der Waals surface area contributed by atoms with Crippen LogP contribution in [0.2, 0.25) is 0 Å². The second-order valence-electron chi connectivity index (χ2n) is 7.82. The zero-order valence-corrected chi connectivity index (χ0v) is 18.0. The molecule has 4 aromatic rings. The molecule has 0 saturated heterocycles. The molecule has 1 aromatic heterocycles. The SMILES string of the molecule is Cc1nn(CCc2ccccc2)c(=O)c(CCc2ccccc2)c1-c1cccc(F)c1O. The molecule has 0 saturated carbocycles. The second kappa shape index (κ2) is 9.60. The Balaban J connectivity index is 1.77. The number of halogens is 1. The van der Waals surface area contributed by atoms with Crippen LogP contribution in [0.25, 0.3) is 11.1 Å². The minimum atomic E-state index is -0.718. The van der Waals surface area contributed by atoms with Crippen molar-refractivity contribution >= 4 is 0 Å². The van der Waals surface area contributed by atoms with Crippen molar-refractivity contribution in [2.24, 2.45) is 0 Å². The molecule has 0 atom stereocenters. The van der Waals surface area contributed by atoms with Crippen LogP contribution in [0.3, 0.4) is 0 Å². The molecule has 0 fully saturated rings. The number of nitrogens with zero attached hydrogens (tertiary/aromatic N) is 2. The van der Waals surface area contributed by atoms with Gasteiger partial charge in [0.25, 0.3) is 5.56 Å². The lowest BCUT2D eigenvalue weighted by atomic mass is 9.94. The third-order valence-electron chi connectivity index (χ3n) is 5.64. The highest BCUT2D eigenvalue weighted by molar-refractivity contribution is 5.74. The minimum absolute atomic E-state index is 0.207. The van der Waals surface area contributed by atoms with Crippen molar-refractivity contribution in [1.82, 2.24) is 9.78 Å². The predicted molar refractivity (Wildman–Crippen MR) is 124 cm³/mol. The standard InChI is InChI=1S/C27H25FN2O2/c1-19-25(22-13-8-14-24(28)26(22)31)23(16-15-20-9-4-2-5-10-20)27(32)30(29-19)18-17-21-11-6-3-7-12-21/h2-14,31H,15-18H2,1H3. The number of phenolic OH excluding ortho intramolecular Hbond substituents is 1. The first kappa shape index (κ1) is 21.5. The molecule has 1 N–H and O–H groups in total. The van der Waals surface area contributed by atoms with E-state index in [2.05, 4.69) is 5.10 Å². The predicted octanol–water partition coefficient (Wildman–Crippen LogP) is 5.09. The maximum atomic E-state index is 14.1. The van der Waals surface area contributed by atoms with Crippen LogP contribution in [0.15, 0.2) is 83.7 Å². The van der Waals surface area contributed by atoms with Gasteiger partial charge in [-0.15, -0.1) is 0 Å². The molecule has 4 nitrogen and oxygen atoms in total. The van der Waals surface area contributed by atoms with E-state index in [1.54, 1.807) is 13.0 Å². The maximum absolute atomic E-state index is 14.1. The van der Waals surface area contributed by atoms with Crippen molar-refractivity contribution in [1.29, 1.82) is 0 Å². The minimum Gasteiger partial charge on any atom is -0.504 e. The molecule has 0 unspecified atom stereocenters. The van der Waals surface area contributed by atoms with Crippen molar-refractivity contribution in [3.63, 3.8) is 0 Å². The molecular formula is C27H25FN2O2. The second-order valence-corrected chi connectivity index (χ2v) is 7.82. The van der Waals surface area contributed by atoms with Crippen molar-refractivity contribution in [2.75, 3.05) is 0 Å². The Labute approximate surface area is 186 Å². The molecule has 0 amide bonds. The van der Waals surface area contributed by atoms with Gasteiger partial charge >= 0.3 is 0 Å². The van der Waals surface area contributed by atoms with E-state index < -0.39 is 11.6 Å². The zero-order valence-electron chi connectivity index (χ0n) is 18.0. The molecule has 0 spiro atoms. The van der Waals surface area contributed by atoms with E-state index in [0.717, 1.165) is 11.1 Å². The Morgan fingerprint density at radius 2 is 1.47 bits per heavy atom. The molecule has 3 aromatic carbocycles. The molecule has 0 radical (unpaired) electrons. The molecule has 1 heterocycles. The number of rotatable bonds is 7. The zero-order chi connectivity index (χ0) is 22.5. The van der Waals surface area contributed by atoms with E-state index in [1.165, 1.54) is 16.8 Å². The summed E-state index contributed by atoms with van der Waals surface area (Å²) in [4.78, 5) is 13.5. The van der Waals surface area contributed by atoms with Gasteiger partial charge in [-0.1, -0.05) is 72.8 Å². The van der Waals surface area contributed by atoms with Crippen molar-refractivity contribution in [3.05, 3.63) is 117 Å². The van der Waals surface area contributed by atoms with Gasteiger partial charge in [-0.3, -0.25) is 4.79 Å². The molecular weight excluding hydrogens is 403 g/mol. The summed E-state index contributed by atoms with van der Waals surface area (Å²) < 4.78 is 15.6. The van der Waals surface area contributed by atoms with Gasteiger partial charge in [-0.25, -0.2) is 9.07 Å². The number of aromatic hydroxyl groups is 1. The van der Waals surface area contributed by atoms with Gasteiger partial charge in [0.1, 0.15) is 0 Å². The lowest BCUT2D eigenvalue weighted by molar-refractivity contribution is 0.434. The van der Waals surface area contributed by atoms with Crippen LogP contribution in [0.1, 0.15) is 22.4 Å². The molecule has 5 heteroatoms. The van der Waals surface area contributed by atoms with Gasteiger partial charge in [0.2, 0.25) is 0 Å². The van der Waals surface area contributed by atoms with Crippen molar-refractivity contribution in [2.45, 2.75) is 32.7 Å². The summed E-state index contributed by atoms with van der Waals surface area (Å²) in [7, 11) is 0. The Kier molecular flexibility index (Phi) is 6.45. The molecule has 0 aliphatic heterocycles. The number of benzene rings is 3. The van der Waals surface area contributed by atoms with Crippen LogP contribution < -0.4 is 5.56 Å². The fourth-order valence-corrected chi connectivity index (χ4v) is 4.01. The van der Waals surface area contributed by atoms with Crippen LogP contribution in [0.5, 0.6) is 5.75 Å². The summed E-state index contributed by atoms with van der Waals surface area (Å²) in [5.74, 6) is -1.18. The fourth-order valence-electron chi connectivity index (χ4n) is 4.01. The quantitative estimate of drug-likeness (QED) is 0.446. The summed E-state index contributed by atoms with van der Waals surface area (Å²) in [6, 6.07) is 24.2. The highest BCUT2D eigenvalue weighted by Crippen LogP contribution is 2.34. The van der Waals surface area contributed by atoms with Crippen molar-refractivity contribution < 1.29 is 9.50 Å². The van der Waals surface area contributed by atoms with Crippen LogP contribution in [0.4, 0.5) is 4.39 Å². The van der Waals surface area contributed by atoms with E-state index in [0.29, 0.717) is 48.2 Å². The van der Waals surface area contributed by atoms with Gasteiger partial charge in [-0.05, 0) is 43.4 Å². The summed E-state index contributed by atoms with van der Waals surface area (Å²) >= 11 is 0. The van der Waals surface area contributed by atoms with Gasteiger partial charge in [0, 0.05) is 23.2 Å². The summed E-state index contributed by atoms with van der Waals surface area (Å²) in [5.41, 5.74) is 3.95. The van der Waals surface area contributed by atoms with Gasteiger partial charge in [-0.2, -0.15) is 5.10 Å². The number of aryl methyl sites for hydroxylation is 4. The van der Waals surface area contributed by atoms with Crippen LogP contribution in [0, 0.1) is 12.7 Å². The van der Waals surface area contributed by atoms with E-state index in [-0.39, 0.29) is 5.56 Å². The highest BCUT2D eigenvalue weighted by atomic mass is 19.1. The molecule has 0 aliphatic rings. The van der Waals surface area contributed by atoms with Gasteiger partial charge in [0.05, 0.1) is 5.69 Å². The number of para-hydroxylation sites is 1. The van der Waals surface area contributed by atoms with E-state index in [4.69, 9.17) is 0 Å². The first-order valence-corrected chi connectivity index (χ1v) is 10.7. The van der Waals surface area contributed by atoms with Crippen LogP contribution in [-0.4, -0.2) is 14.9 Å². The highest BCUT2D eigenvalue weighted by Gasteiger charge is 2.20. The van der Waals surface area contributed by atoms with E-state index >= 15 is 0 Å². The average molecular weight is 429 g/mol. The van der Waals surface area contributed by atoms with E-state index in [1.807, 2.05) is 60.7 Å². The number of hydrogen-bond donors (Lipinski definition) is 1. The summed E-state index contributed by atoms with van der Waals surface area (Å²) in [6.07, 6.45) is 1.79. The summed E-state index contributed by atoms with van der Waals surface area (Å²) in [6.45, 7) is 2.24. The molecule has 32 heavy (non-hydrogen) atoms. The summed E-state index contributed by atoms with van der Waals surface area (Å²) in [5, 5.41) is 14.9. The Morgan fingerprint density at radius 1 is 0.844 bits per heavy atom. The lowest BCUT2D eigenvalue weighted by Gasteiger charge is -2.16. The van der Waals surface area contributed by atoms with E-state index in [9.17, 15) is 14.3 Å². The molecule has 162 valence electrons. The smallest absolute Gasteiger partial charge is 0.270 e. The monoisotopic (exact) mass is 428 g/mol. The normalized spacial score (nSPS) is 10.9. The first-order chi connectivity index (χ1) is 15.5. The third-order valence-corrected chi connectivity index (χ3v) is 5.64. The number of phenols is 1. The Bertz CT molecular complexity index is 1270. The Morgan fingerprint density at radius 3 is 2.12 bits per heavy atom.